The van der Waals surface area contributed by atoms with Crippen molar-refractivity contribution in [3.05, 3.63) is 65.2 Å². The molecule has 1 heterocycles. The summed E-state index contributed by atoms with van der Waals surface area (Å²) in [6, 6.07) is 16.4. The first-order chi connectivity index (χ1) is 10.3. The number of ether oxygens (including phenoxy) is 1. The second-order valence-corrected chi connectivity index (χ2v) is 5.16. The molecule has 0 saturated carbocycles. The minimum absolute atomic E-state index is 0. The Morgan fingerprint density at radius 1 is 1.09 bits per heavy atom. The second kappa shape index (κ2) is 7.29. The lowest BCUT2D eigenvalue weighted by atomic mass is 10.1. The van der Waals surface area contributed by atoms with E-state index in [-0.39, 0.29) is 12.4 Å². The van der Waals surface area contributed by atoms with E-state index in [1.165, 1.54) is 16.7 Å². The Labute approximate surface area is 137 Å². The fraction of sp³-hybridized carbons (Fsp3) is 0.235. The number of benzene rings is 2. The van der Waals surface area contributed by atoms with Crippen LogP contribution in [0, 0.1) is 0 Å². The van der Waals surface area contributed by atoms with Crippen LogP contribution in [0.4, 0.5) is 5.69 Å². The van der Waals surface area contributed by atoms with Crippen LogP contribution in [-0.4, -0.2) is 18.0 Å². The van der Waals surface area contributed by atoms with Crippen LogP contribution in [0.3, 0.4) is 0 Å². The maximum atomic E-state index is 6.11. The predicted octanol–water partition coefficient (Wildman–Crippen LogP) is 3.22. The van der Waals surface area contributed by atoms with Gasteiger partial charge in [0.1, 0.15) is 0 Å². The van der Waals surface area contributed by atoms with Gasteiger partial charge in [-0.05, 0) is 22.8 Å². The highest BCUT2D eigenvalue weighted by atomic mass is 35.5. The molecule has 0 aliphatic carbocycles. The molecule has 0 unspecified atom stereocenters. The molecular weight excluding hydrogens is 298 g/mol. The molecule has 0 saturated heterocycles. The maximum Gasteiger partial charge on any atom is 0.197 e. The van der Waals surface area contributed by atoms with Crippen LogP contribution in [0.2, 0.25) is 0 Å². The zero-order valence-electron chi connectivity index (χ0n) is 12.5. The van der Waals surface area contributed by atoms with Gasteiger partial charge in [-0.15, -0.1) is 12.4 Å². The minimum Gasteiger partial charge on any atom is -0.380 e. The number of para-hydroxylation sites is 1. The molecule has 2 aromatic carbocycles. The molecule has 22 heavy (non-hydrogen) atoms. The van der Waals surface area contributed by atoms with Crippen molar-refractivity contribution in [1.82, 2.24) is 4.90 Å². The first-order valence-corrected chi connectivity index (χ1v) is 7.00. The predicted molar refractivity (Wildman–Crippen MR) is 91.4 cm³/mol. The summed E-state index contributed by atoms with van der Waals surface area (Å²) in [5, 5.41) is 0. The van der Waals surface area contributed by atoms with Gasteiger partial charge >= 0.3 is 0 Å². The van der Waals surface area contributed by atoms with Gasteiger partial charge in [0.25, 0.3) is 0 Å². The summed E-state index contributed by atoms with van der Waals surface area (Å²) in [6.45, 7) is 2.13. The van der Waals surface area contributed by atoms with Gasteiger partial charge < -0.3 is 15.4 Å². The van der Waals surface area contributed by atoms with Crippen LogP contribution in [0.25, 0.3) is 0 Å². The molecule has 1 aliphatic heterocycles. The number of guanidine groups is 1. The molecule has 1 aliphatic rings. The van der Waals surface area contributed by atoms with Gasteiger partial charge in [0, 0.05) is 20.2 Å². The molecule has 4 nitrogen and oxygen atoms in total. The average molecular weight is 318 g/mol. The standard InChI is InChI=1S/C17H19N3O.ClH/c1-21-12-15-8-3-2-6-13(15)10-20-11-14-7-4-5-9-16(14)19-17(20)18;/h2-9H,10-12H2,1H3,(H2,18,19);1H. The third-order valence-electron chi connectivity index (χ3n) is 3.69. The van der Waals surface area contributed by atoms with Crippen molar-refractivity contribution >= 4 is 24.1 Å². The lowest BCUT2D eigenvalue weighted by Gasteiger charge is -2.28. The number of methoxy groups -OCH3 is 1. The fourth-order valence-corrected chi connectivity index (χ4v) is 2.58. The van der Waals surface area contributed by atoms with E-state index in [0.717, 1.165) is 18.8 Å². The van der Waals surface area contributed by atoms with E-state index >= 15 is 0 Å². The Hall–Kier alpha value is -2.04. The van der Waals surface area contributed by atoms with E-state index in [2.05, 4.69) is 28.1 Å². The van der Waals surface area contributed by atoms with Crippen molar-refractivity contribution in [3.8, 4) is 0 Å². The number of aliphatic imine (C=N–C) groups is 1. The van der Waals surface area contributed by atoms with Gasteiger partial charge in [-0.1, -0.05) is 42.5 Å². The minimum atomic E-state index is 0. The molecule has 2 aromatic rings. The van der Waals surface area contributed by atoms with Crippen LogP contribution in [0.5, 0.6) is 0 Å². The Bertz CT molecular complexity index is 672. The number of fused-ring (bicyclic) bond motifs is 1. The van der Waals surface area contributed by atoms with E-state index in [1.54, 1.807) is 7.11 Å². The van der Waals surface area contributed by atoms with Gasteiger partial charge in [0.15, 0.2) is 5.96 Å². The zero-order chi connectivity index (χ0) is 14.7. The molecule has 0 radical (unpaired) electrons. The van der Waals surface area contributed by atoms with E-state index in [9.17, 15) is 0 Å². The average Bonchev–Trinajstić information content (AvgIpc) is 2.50. The summed E-state index contributed by atoms with van der Waals surface area (Å²) >= 11 is 0. The van der Waals surface area contributed by atoms with Gasteiger partial charge in [-0.3, -0.25) is 0 Å². The monoisotopic (exact) mass is 317 g/mol. The van der Waals surface area contributed by atoms with E-state index in [4.69, 9.17) is 10.5 Å². The van der Waals surface area contributed by atoms with Crippen LogP contribution in [-0.2, 0) is 24.4 Å². The van der Waals surface area contributed by atoms with Crippen molar-refractivity contribution in [2.24, 2.45) is 10.7 Å². The quantitative estimate of drug-likeness (QED) is 0.942. The van der Waals surface area contributed by atoms with Crippen LogP contribution >= 0.6 is 12.4 Å². The largest absolute Gasteiger partial charge is 0.380 e. The van der Waals surface area contributed by atoms with Crippen LogP contribution in [0.1, 0.15) is 16.7 Å². The van der Waals surface area contributed by atoms with Gasteiger partial charge in [-0.25, -0.2) is 4.99 Å². The van der Waals surface area contributed by atoms with Crippen molar-refractivity contribution < 1.29 is 4.74 Å². The summed E-state index contributed by atoms with van der Waals surface area (Å²) in [5.74, 6) is 0.570. The molecule has 0 atom stereocenters. The molecule has 0 aromatic heterocycles. The molecule has 5 heteroatoms. The highest BCUT2D eigenvalue weighted by molar-refractivity contribution is 5.85. The zero-order valence-corrected chi connectivity index (χ0v) is 13.3. The summed E-state index contributed by atoms with van der Waals surface area (Å²) in [4.78, 5) is 6.58. The highest BCUT2D eigenvalue weighted by Crippen LogP contribution is 2.26. The highest BCUT2D eigenvalue weighted by Gasteiger charge is 2.18. The Balaban J connectivity index is 0.00000176. The summed E-state index contributed by atoms with van der Waals surface area (Å²) in [7, 11) is 1.71. The number of hydrogen-bond donors (Lipinski definition) is 1. The van der Waals surface area contributed by atoms with Crippen molar-refractivity contribution in [1.29, 1.82) is 0 Å². The summed E-state index contributed by atoms with van der Waals surface area (Å²) < 4.78 is 5.26. The first-order valence-electron chi connectivity index (χ1n) is 7.00. The van der Waals surface area contributed by atoms with E-state index in [1.807, 2.05) is 30.3 Å². The molecule has 0 spiro atoms. The van der Waals surface area contributed by atoms with Crippen molar-refractivity contribution in [2.45, 2.75) is 19.7 Å². The van der Waals surface area contributed by atoms with Crippen molar-refractivity contribution in [2.75, 3.05) is 7.11 Å². The molecular formula is C17H20ClN3O. The molecule has 0 fully saturated rings. The maximum absolute atomic E-state index is 6.11. The summed E-state index contributed by atoms with van der Waals surface area (Å²) in [5.41, 5.74) is 10.7. The van der Waals surface area contributed by atoms with Crippen LogP contribution in [0.15, 0.2) is 53.5 Å². The normalized spacial score (nSPS) is 13.1. The number of nitrogens with two attached hydrogens (primary N) is 1. The number of halogens is 1. The molecule has 116 valence electrons. The number of rotatable bonds is 4. The Morgan fingerprint density at radius 2 is 1.77 bits per heavy atom. The molecule has 0 amide bonds. The third kappa shape index (κ3) is 3.40. The molecule has 0 bridgehead atoms. The Kier molecular flexibility index (Phi) is 5.41. The smallest absolute Gasteiger partial charge is 0.197 e. The van der Waals surface area contributed by atoms with Crippen LogP contribution < -0.4 is 5.73 Å². The third-order valence-corrected chi connectivity index (χ3v) is 3.69. The lowest BCUT2D eigenvalue weighted by Crippen LogP contribution is -2.38. The molecule has 2 N–H and O–H groups in total. The lowest BCUT2D eigenvalue weighted by molar-refractivity contribution is 0.183. The second-order valence-electron chi connectivity index (χ2n) is 5.16. The number of nitrogens with zero attached hydrogens (tertiary/aromatic N) is 2. The Morgan fingerprint density at radius 3 is 2.55 bits per heavy atom. The van der Waals surface area contributed by atoms with E-state index < -0.39 is 0 Å². The van der Waals surface area contributed by atoms with Crippen molar-refractivity contribution in [3.63, 3.8) is 0 Å². The summed E-state index contributed by atoms with van der Waals surface area (Å²) in [6.07, 6.45) is 0. The van der Waals surface area contributed by atoms with E-state index in [0.29, 0.717) is 12.6 Å². The SMILES string of the molecule is COCc1ccccc1CN1Cc2ccccc2N=C1N.Cl. The van der Waals surface area contributed by atoms with Gasteiger partial charge in [0.2, 0.25) is 0 Å². The first kappa shape index (κ1) is 16.3. The number of hydrogen-bond acceptors (Lipinski definition) is 4. The van der Waals surface area contributed by atoms with Gasteiger partial charge in [0.05, 0.1) is 12.3 Å². The topological polar surface area (TPSA) is 50.8 Å². The molecule has 3 rings (SSSR count). The van der Waals surface area contributed by atoms with Gasteiger partial charge in [-0.2, -0.15) is 0 Å². The fourth-order valence-electron chi connectivity index (χ4n) is 2.58.